The molecule has 2 saturated heterocycles. The van der Waals surface area contributed by atoms with Crippen LogP contribution in [0.25, 0.3) is 0 Å². The third-order valence-electron chi connectivity index (χ3n) is 5.25. The van der Waals surface area contributed by atoms with E-state index < -0.39 is 5.97 Å². The first-order valence-electron chi connectivity index (χ1n) is 9.30. The number of aliphatic carboxylic acids is 1. The van der Waals surface area contributed by atoms with Gasteiger partial charge in [-0.3, -0.25) is 4.79 Å². The zero-order valence-electron chi connectivity index (χ0n) is 14.6. The lowest BCUT2D eigenvalue weighted by atomic mass is 9.81. The average molecular weight is 381 g/mol. The maximum absolute atomic E-state index is 10.5. The van der Waals surface area contributed by atoms with Gasteiger partial charge in [-0.15, -0.1) is 0 Å². The molecule has 2 fully saturated rings. The third-order valence-corrected chi connectivity index (χ3v) is 7.61. The summed E-state index contributed by atoms with van der Waals surface area (Å²) < 4.78 is 6.21. The van der Waals surface area contributed by atoms with Crippen molar-refractivity contribution in [3.8, 4) is 0 Å². The smallest absolute Gasteiger partial charge is 0.303 e. The molecule has 2 aliphatic rings. The van der Waals surface area contributed by atoms with Gasteiger partial charge in [0.2, 0.25) is 0 Å². The Morgan fingerprint density at radius 3 is 2.40 bits per heavy atom. The van der Waals surface area contributed by atoms with Crippen LogP contribution >= 0.6 is 23.5 Å². The molecule has 0 radical (unpaired) electrons. The van der Waals surface area contributed by atoms with Crippen molar-refractivity contribution in [2.45, 2.75) is 50.1 Å². The van der Waals surface area contributed by atoms with Crippen LogP contribution in [-0.4, -0.2) is 40.5 Å². The Bertz CT molecular complexity index is 537. The summed E-state index contributed by atoms with van der Waals surface area (Å²) in [6.07, 6.45) is 5.52. The molecule has 4 atom stereocenters. The molecular formula is C20H28O3S2. The van der Waals surface area contributed by atoms with E-state index in [1.807, 2.05) is 23.5 Å². The first-order valence-corrected chi connectivity index (χ1v) is 11.6. The van der Waals surface area contributed by atoms with E-state index in [1.165, 1.54) is 29.9 Å². The molecule has 1 aromatic carbocycles. The predicted octanol–water partition coefficient (Wildman–Crippen LogP) is 4.70. The molecule has 0 aliphatic carbocycles. The zero-order chi connectivity index (χ0) is 17.5. The second-order valence-corrected chi connectivity index (χ2v) is 9.22. The highest BCUT2D eigenvalue weighted by atomic mass is 32.2. The van der Waals surface area contributed by atoms with Crippen molar-refractivity contribution >= 4 is 29.5 Å². The van der Waals surface area contributed by atoms with Gasteiger partial charge in [0.05, 0.1) is 12.2 Å². The molecule has 25 heavy (non-hydrogen) atoms. The van der Waals surface area contributed by atoms with Gasteiger partial charge >= 0.3 is 5.97 Å². The van der Waals surface area contributed by atoms with Crippen molar-refractivity contribution in [1.82, 2.24) is 0 Å². The van der Waals surface area contributed by atoms with Crippen LogP contribution in [0.3, 0.4) is 0 Å². The number of thioether (sulfide) groups is 2. The summed E-state index contributed by atoms with van der Waals surface area (Å²) in [6.45, 7) is 0. The van der Waals surface area contributed by atoms with Gasteiger partial charge in [-0.2, -0.15) is 23.5 Å². The minimum absolute atomic E-state index is 0.302. The molecule has 0 aromatic heterocycles. The standard InChI is InChI=1S/C20H28O3S2/c21-20(22)8-4-5-11-24-13-16-17(19-10-9-18(16)23-19)14-25-12-15-6-2-1-3-7-15/h1-3,6-7,16-19H,4-5,8-14H2,(H,21,22)/t16-,17+,18-,19+/m1/s1. The van der Waals surface area contributed by atoms with Gasteiger partial charge in [-0.05, 0) is 48.5 Å². The number of carboxylic acids is 1. The summed E-state index contributed by atoms with van der Waals surface area (Å²) >= 11 is 4.04. The van der Waals surface area contributed by atoms with Gasteiger partial charge in [0.15, 0.2) is 0 Å². The number of benzene rings is 1. The normalized spacial score (nSPS) is 27.7. The van der Waals surface area contributed by atoms with E-state index in [1.54, 1.807) is 0 Å². The number of fused-ring (bicyclic) bond motifs is 2. The SMILES string of the molecule is O=C(O)CCCCSC[C@@H]1[C@H](CSCc2ccccc2)[C@@H]2CC[C@H]1O2. The fourth-order valence-corrected chi connectivity index (χ4v) is 6.51. The van der Waals surface area contributed by atoms with Crippen LogP contribution in [0.4, 0.5) is 0 Å². The van der Waals surface area contributed by atoms with Gasteiger partial charge in [-0.1, -0.05) is 30.3 Å². The Labute approximate surface area is 159 Å². The molecule has 1 N–H and O–H groups in total. The molecule has 2 bridgehead atoms. The summed E-state index contributed by atoms with van der Waals surface area (Å²) in [6, 6.07) is 10.7. The zero-order valence-corrected chi connectivity index (χ0v) is 16.3. The molecule has 2 heterocycles. The lowest BCUT2D eigenvalue weighted by Gasteiger charge is -2.27. The van der Waals surface area contributed by atoms with E-state index in [2.05, 4.69) is 30.3 Å². The lowest BCUT2D eigenvalue weighted by Crippen LogP contribution is -2.30. The van der Waals surface area contributed by atoms with E-state index in [4.69, 9.17) is 9.84 Å². The highest BCUT2D eigenvalue weighted by Crippen LogP contribution is 2.46. The molecule has 3 nitrogen and oxygen atoms in total. The monoisotopic (exact) mass is 380 g/mol. The fourth-order valence-electron chi connectivity index (χ4n) is 3.92. The van der Waals surface area contributed by atoms with Crippen molar-refractivity contribution in [2.75, 3.05) is 17.3 Å². The highest BCUT2D eigenvalue weighted by molar-refractivity contribution is 7.99. The summed E-state index contributed by atoms with van der Waals surface area (Å²) in [5, 5.41) is 8.69. The number of carboxylic acid groups (broad SMARTS) is 1. The van der Waals surface area contributed by atoms with E-state index >= 15 is 0 Å². The van der Waals surface area contributed by atoms with Gasteiger partial charge < -0.3 is 9.84 Å². The summed E-state index contributed by atoms with van der Waals surface area (Å²) in [4.78, 5) is 10.5. The van der Waals surface area contributed by atoms with Crippen molar-refractivity contribution in [3.05, 3.63) is 35.9 Å². The van der Waals surface area contributed by atoms with Gasteiger partial charge in [0.25, 0.3) is 0 Å². The number of hydrogen-bond acceptors (Lipinski definition) is 4. The van der Waals surface area contributed by atoms with Crippen LogP contribution in [0.5, 0.6) is 0 Å². The first-order chi connectivity index (χ1) is 12.2. The maximum atomic E-state index is 10.5. The van der Waals surface area contributed by atoms with Gasteiger partial charge in [0.1, 0.15) is 0 Å². The van der Waals surface area contributed by atoms with Crippen LogP contribution in [-0.2, 0) is 15.3 Å². The lowest BCUT2D eigenvalue weighted by molar-refractivity contribution is -0.137. The third kappa shape index (κ3) is 5.66. The molecule has 5 heteroatoms. The van der Waals surface area contributed by atoms with Crippen molar-refractivity contribution in [2.24, 2.45) is 11.8 Å². The van der Waals surface area contributed by atoms with Crippen LogP contribution < -0.4 is 0 Å². The predicted molar refractivity (Wildman–Crippen MR) is 106 cm³/mol. The van der Waals surface area contributed by atoms with Crippen LogP contribution in [0.15, 0.2) is 30.3 Å². The van der Waals surface area contributed by atoms with E-state index in [9.17, 15) is 4.79 Å². The van der Waals surface area contributed by atoms with Crippen LogP contribution in [0.1, 0.15) is 37.7 Å². The second-order valence-electron chi connectivity index (χ2n) is 7.04. The molecule has 3 rings (SSSR count). The number of ether oxygens (including phenoxy) is 1. The van der Waals surface area contributed by atoms with Crippen LogP contribution in [0.2, 0.25) is 0 Å². The molecule has 0 unspecified atom stereocenters. The second kappa shape index (κ2) is 9.89. The Morgan fingerprint density at radius 2 is 1.72 bits per heavy atom. The van der Waals surface area contributed by atoms with Gasteiger partial charge in [0, 0.05) is 24.0 Å². The summed E-state index contributed by atoms with van der Waals surface area (Å²) in [5.74, 6) is 5.23. The van der Waals surface area contributed by atoms with Crippen LogP contribution in [0, 0.1) is 11.8 Å². The highest BCUT2D eigenvalue weighted by Gasteiger charge is 2.48. The topological polar surface area (TPSA) is 46.5 Å². The maximum Gasteiger partial charge on any atom is 0.303 e. The number of rotatable bonds is 11. The molecule has 2 aliphatic heterocycles. The minimum Gasteiger partial charge on any atom is -0.481 e. The quantitative estimate of drug-likeness (QED) is 0.564. The first kappa shape index (κ1) is 19.1. The Morgan fingerprint density at radius 1 is 1.04 bits per heavy atom. The molecule has 0 saturated carbocycles. The average Bonchev–Trinajstić information content (AvgIpc) is 3.21. The van der Waals surface area contributed by atoms with Crippen molar-refractivity contribution in [3.63, 3.8) is 0 Å². The molecule has 0 amide bonds. The fraction of sp³-hybridized carbons (Fsp3) is 0.650. The van der Waals surface area contributed by atoms with Gasteiger partial charge in [-0.25, -0.2) is 0 Å². The number of hydrogen-bond donors (Lipinski definition) is 1. The van der Waals surface area contributed by atoms with E-state index in [0.29, 0.717) is 30.5 Å². The number of carbonyl (C=O) groups is 1. The van der Waals surface area contributed by atoms with Crippen molar-refractivity contribution < 1.29 is 14.6 Å². The largest absolute Gasteiger partial charge is 0.481 e. The molecule has 0 spiro atoms. The Hall–Kier alpha value is -0.650. The summed E-state index contributed by atoms with van der Waals surface area (Å²) in [5.41, 5.74) is 1.40. The minimum atomic E-state index is -0.679. The van der Waals surface area contributed by atoms with E-state index in [-0.39, 0.29) is 0 Å². The Balaban J connectivity index is 1.38. The summed E-state index contributed by atoms with van der Waals surface area (Å²) in [7, 11) is 0. The van der Waals surface area contributed by atoms with Crippen molar-refractivity contribution in [1.29, 1.82) is 0 Å². The van der Waals surface area contributed by atoms with E-state index in [0.717, 1.165) is 24.3 Å². The molecule has 138 valence electrons. The molecule has 1 aromatic rings. The number of unbranched alkanes of at least 4 members (excludes halogenated alkanes) is 1. The molecular weight excluding hydrogens is 352 g/mol. The Kier molecular flexibility index (Phi) is 7.56.